The van der Waals surface area contributed by atoms with Gasteiger partial charge in [0.2, 0.25) is 0 Å². The van der Waals surface area contributed by atoms with Crippen LogP contribution < -0.4 is 10.1 Å². The lowest BCUT2D eigenvalue weighted by Gasteiger charge is -2.05. The van der Waals surface area contributed by atoms with E-state index in [1.54, 1.807) is 13.3 Å². The van der Waals surface area contributed by atoms with Gasteiger partial charge >= 0.3 is 6.09 Å². The van der Waals surface area contributed by atoms with E-state index >= 15 is 0 Å². The third-order valence-electron chi connectivity index (χ3n) is 4.56. The van der Waals surface area contributed by atoms with Crippen molar-refractivity contribution >= 4 is 17.4 Å². The highest BCUT2D eigenvalue weighted by atomic mass is 32.1. The Labute approximate surface area is 184 Å². The third kappa shape index (κ3) is 5.26. The van der Waals surface area contributed by atoms with Crippen molar-refractivity contribution in [3.8, 4) is 27.4 Å². The molecule has 0 unspecified atom stereocenters. The molecule has 2 aromatic carbocycles. The summed E-state index contributed by atoms with van der Waals surface area (Å²) >= 11 is 1.52. The topological polar surface area (TPSA) is 73.3 Å². The second-order valence-electron chi connectivity index (χ2n) is 6.67. The molecule has 0 aliphatic carbocycles. The number of carbonyl (C=O) groups excluding carboxylic acids is 1. The number of thiazole rings is 1. The Kier molecular flexibility index (Phi) is 6.54. The summed E-state index contributed by atoms with van der Waals surface area (Å²) in [5.74, 6) is 0.782. The van der Waals surface area contributed by atoms with Crippen molar-refractivity contribution in [3.63, 3.8) is 0 Å². The maximum absolute atomic E-state index is 12.1. The van der Waals surface area contributed by atoms with Crippen molar-refractivity contribution in [2.75, 3.05) is 7.11 Å². The molecule has 0 spiro atoms. The molecule has 0 atom stereocenters. The Bertz CT molecular complexity index is 1130. The highest BCUT2D eigenvalue weighted by Gasteiger charge is 2.16. The lowest BCUT2D eigenvalue weighted by atomic mass is 10.1. The van der Waals surface area contributed by atoms with Gasteiger partial charge in [0.25, 0.3) is 0 Å². The molecule has 0 saturated carbocycles. The lowest BCUT2D eigenvalue weighted by molar-refractivity contribution is 0.139. The van der Waals surface area contributed by atoms with Crippen LogP contribution in [0.4, 0.5) is 4.79 Å². The van der Waals surface area contributed by atoms with Crippen molar-refractivity contribution in [1.29, 1.82) is 0 Å². The summed E-state index contributed by atoms with van der Waals surface area (Å²) in [7, 11) is 1.64. The zero-order chi connectivity index (χ0) is 21.5. The third-order valence-corrected chi connectivity index (χ3v) is 5.66. The first-order chi connectivity index (χ1) is 15.2. The van der Waals surface area contributed by atoms with E-state index in [1.807, 2.05) is 72.9 Å². The molecule has 0 fully saturated rings. The van der Waals surface area contributed by atoms with Crippen LogP contribution in [0, 0.1) is 0 Å². The van der Waals surface area contributed by atoms with Gasteiger partial charge in [-0.3, -0.25) is 4.98 Å². The van der Waals surface area contributed by atoms with Gasteiger partial charge < -0.3 is 14.8 Å². The van der Waals surface area contributed by atoms with Gasteiger partial charge in [0.05, 0.1) is 24.2 Å². The number of rotatable bonds is 7. The molecule has 0 radical (unpaired) electrons. The minimum Gasteiger partial charge on any atom is -0.497 e. The Balaban J connectivity index is 1.50. The van der Waals surface area contributed by atoms with Crippen LogP contribution in [0.15, 0.2) is 79.1 Å². The van der Waals surface area contributed by atoms with E-state index in [2.05, 4.69) is 10.3 Å². The van der Waals surface area contributed by atoms with E-state index in [-0.39, 0.29) is 13.2 Å². The van der Waals surface area contributed by atoms with Crippen molar-refractivity contribution in [2.24, 2.45) is 0 Å². The number of nitrogens with one attached hydrogen (secondary N) is 1. The second-order valence-corrected chi connectivity index (χ2v) is 7.75. The number of methoxy groups -OCH3 is 1. The average molecular weight is 432 g/mol. The number of hydrogen-bond acceptors (Lipinski definition) is 6. The van der Waals surface area contributed by atoms with Crippen LogP contribution in [0.3, 0.4) is 0 Å². The molecule has 6 nitrogen and oxygen atoms in total. The lowest BCUT2D eigenvalue weighted by Crippen LogP contribution is -2.23. The average Bonchev–Trinajstić information content (AvgIpc) is 3.27. The summed E-state index contributed by atoms with van der Waals surface area (Å²) in [6, 6.07) is 21.2. The van der Waals surface area contributed by atoms with Gasteiger partial charge in [-0.15, -0.1) is 11.3 Å². The summed E-state index contributed by atoms with van der Waals surface area (Å²) < 4.78 is 10.5. The predicted octanol–water partition coefficient (Wildman–Crippen LogP) is 5.31. The van der Waals surface area contributed by atoms with Crippen LogP contribution in [-0.4, -0.2) is 23.2 Å². The van der Waals surface area contributed by atoms with Gasteiger partial charge in [0, 0.05) is 23.5 Å². The van der Waals surface area contributed by atoms with Gasteiger partial charge in [0.15, 0.2) is 0 Å². The Morgan fingerprint density at radius 3 is 2.52 bits per heavy atom. The largest absolute Gasteiger partial charge is 0.497 e. The minimum atomic E-state index is -0.479. The van der Waals surface area contributed by atoms with E-state index in [1.165, 1.54) is 11.3 Å². The normalized spacial score (nSPS) is 10.5. The molecule has 4 rings (SSSR count). The fourth-order valence-electron chi connectivity index (χ4n) is 3.00. The number of hydrogen-bond donors (Lipinski definition) is 1. The zero-order valence-electron chi connectivity index (χ0n) is 16.9. The van der Waals surface area contributed by atoms with Crippen LogP contribution in [0.2, 0.25) is 0 Å². The first-order valence-electron chi connectivity index (χ1n) is 9.72. The smallest absolute Gasteiger partial charge is 0.407 e. The summed E-state index contributed by atoms with van der Waals surface area (Å²) in [5, 5.41) is 3.56. The minimum absolute atomic E-state index is 0.225. The summed E-state index contributed by atoms with van der Waals surface area (Å²) in [6.07, 6.45) is 3.07. The number of amides is 1. The number of aromatic nitrogens is 2. The van der Waals surface area contributed by atoms with E-state index in [0.29, 0.717) is 0 Å². The summed E-state index contributed by atoms with van der Waals surface area (Å²) in [6.45, 7) is 0.504. The first-order valence-corrected chi connectivity index (χ1v) is 10.5. The highest BCUT2D eigenvalue weighted by Crippen LogP contribution is 2.37. The number of benzene rings is 2. The van der Waals surface area contributed by atoms with Crippen LogP contribution in [0.1, 0.15) is 10.6 Å². The summed E-state index contributed by atoms with van der Waals surface area (Å²) in [4.78, 5) is 22.1. The Hall–Kier alpha value is -3.71. The Morgan fingerprint density at radius 2 is 1.81 bits per heavy atom. The van der Waals surface area contributed by atoms with Crippen LogP contribution in [-0.2, 0) is 17.9 Å². The second kappa shape index (κ2) is 9.86. The number of alkyl carbamates (subject to hydrolysis) is 1. The van der Waals surface area contributed by atoms with Crippen molar-refractivity contribution in [3.05, 3.63) is 89.7 Å². The van der Waals surface area contributed by atoms with Gasteiger partial charge in [-0.05, 0) is 35.9 Å². The number of pyridine rings is 1. The predicted molar refractivity (Wildman–Crippen MR) is 121 cm³/mol. The molecular weight excluding hydrogens is 410 g/mol. The maximum Gasteiger partial charge on any atom is 0.407 e. The molecule has 0 saturated heterocycles. The maximum atomic E-state index is 12.1. The molecule has 7 heteroatoms. The zero-order valence-corrected chi connectivity index (χ0v) is 17.8. The van der Waals surface area contributed by atoms with E-state index in [0.717, 1.165) is 38.0 Å². The first kappa shape index (κ1) is 20.6. The van der Waals surface area contributed by atoms with Gasteiger partial charge in [-0.2, -0.15) is 0 Å². The van der Waals surface area contributed by atoms with Crippen molar-refractivity contribution < 1.29 is 14.3 Å². The molecule has 0 aliphatic rings. The molecule has 0 aliphatic heterocycles. The molecule has 156 valence electrons. The van der Waals surface area contributed by atoms with Crippen molar-refractivity contribution in [1.82, 2.24) is 15.3 Å². The van der Waals surface area contributed by atoms with E-state index < -0.39 is 6.09 Å². The highest BCUT2D eigenvalue weighted by molar-refractivity contribution is 7.15. The fourth-order valence-corrected chi connectivity index (χ4v) is 4.01. The van der Waals surface area contributed by atoms with Crippen LogP contribution >= 0.6 is 11.3 Å². The molecule has 4 aromatic rings. The summed E-state index contributed by atoms with van der Waals surface area (Å²) in [5.41, 5.74) is 3.72. The number of nitrogens with zero attached hydrogens (tertiary/aromatic N) is 2. The molecule has 2 aromatic heterocycles. The van der Waals surface area contributed by atoms with Crippen LogP contribution in [0.5, 0.6) is 5.75 Å². The van der Waals surface area contributed by atoms with E-state index in [4.69, 9.17) is 14.5 Å². The standard InChI is InChI=1S/C24H21N3O3S/c1-29-20-11-9-18(10-12-20)22-23(19-8-5-13-25-14-19)31-21(27-22)15-26-24(28)30-16-17-6-3-2-4-7-17/h2-14H,15-16H2,1H3,(H,26,28). The number of carbonyl (C=O) groups is 1. The SMILES string of the molecule is COc1ccc(-c2nc(CNC(=O)OCc3ccccc3)sc2-c2cccnc2)cc1. The molecule has 31 heavy (non-hydrogen) atoms. The molecule has 0 bridgehead atoms. The number of ether oxygens (including phenoxy) is 2. The van der Waals surface area contributed by atoms with Gasteiger partial charge in [-0.25, -0.2) is 9.78 Å². The monoisotopic (exact) mass is 431 g/mol. The van der Waals surface area contributed by atoms with Gasteiger partial charge in [-0.1, -0.05) is 36.4 Å². The van der Waals surface area contributed by atoms with Crippen molar-refractivity contribution in [2.45, 2.75) is 13.2 Å². The molecule has 2 heterocycles. The van der Waals surface area contributed by atoms with Gasteiger partial charge in [0.1, 0.15) is 17.4 Å². The Morgan fingerprint density at radius 1 is 1.00 bits per heavy atom. The molecular formula is C24H21N3O3S. The molecule has 1 amide bonds. The fraction of sp³-hybridized carbons (Fsp3) is 0.125. The quantitative estimate of drug-likeness (QED) is 0.429. The van der Waals surface area contributed by atoms with E-state index in [9.17, 15) is 4.79 Å². The van der Waals surface area contributed by atoms with Crippen LogP contribution in [0.25, 0.3) is 21.7 Å². The molecule has 1 N–H and O–H groups in total.